The molecular weight excluding hydrogens is 164 g/mol. The number of aliphatic hydroxyl groups excluding tert-OH is 1. The molecule has 0 bridgehead atoms. The lowest BCUT2D eigenvalue weighted by molar-refractivity contribution is 0.0776. The Hall–Kier alpha value is -0.0800. The van der Waals surface area contributed by atoms with Gasteiger partial charge < -0.3 is 9.84 Å². The van der Waals surface area contributed by atoms with E-state index in [0.29, 0.717) is 12.0 Å². The fraction of sp³-hybridized carbons (Fsp3) is 1.00. The van der Waals surface area contributed by atoms with Crippen molar-refractivity contribution < 1.29 is 9.84 Å². The highest BCUT2D eigenvalue weighted by atomic mass is 16.5. The van der Waals surface area contributed by atoms with Crippen LogP contribution in [-0.4, -0.2) is 24.4 Å². The second-order valence-electron chi connectivity index (χ2n) is 4.74. The molecule has 1 unspecified atom stereocenters. The highest BCUT2D eigenvalue weighted by molar-refractivity contribution is 4.65. The van der Waals surface area contributed by atoms with Crippen molar-refractivity contribution in [2.45, 2.75) is 53.1 Å². The molecule has 0 heterocycles. The quantitative estimate of drug-likeness (QED) is 0.649. The predicted molar refractivity (Wildman–Crippen MR) is 55.8 cm³/mol. The van der Waals surface area contributed by atoms with Gasteiger partial charge in [0, 0.05) is 13.2 Å². The van der Waals surface area contributed by atoms with E-state index in [1.807, 2.05) is 6.92 Å². The Morgan fingerprint density at radius 2 is 1.85 bits per heavy atom. The van der Waals surface area contributed by atoms with Crippen LogP contribution in [0.4, 0.5) is 0 Å². The zero-order valence-corrected chi connectivity index (χ0v) is 9.47. The molecule has 0 aromatic rings. The summed E-state index contributed by atoms with van der Waals surface area (Å²) < 4.78 is 5.18. The number of aliphatic hydroxyl groups is 1. The molecule has 1 N–H and O–H groups in total. The normalized spacial score (nSPS) is 14.5. The van der Waals surface area contributed by atoms with Gasteiger partial charge in [0.15, 0.2) is 0 Å². The van der Waals surface area contributed by atoms with Crippen molar-refractivity contribution in [1.29, 1.82) is 0 Å². The van der Waals surface area contributed by atoms with Crippen molar-refractivity contribution in [3.05, 3.63) is 0 Å². The van der Waals surface area contributed by atoms with Gasteiger partial charge in [-0.2, -0.15) is 0 Å². The van der Waals surface area contributed by atoms with Crippen LogP contribution >= 0.6 is 0 Å². The molecule has 1 atom stereocenters. The van der Waals surface area contributed by atoms with Crippen LogP contribution in [-0.2, 0) is 4.74 Å². The minimum absolute atomic E-state index is 0.189. The standard InChI is InChI=1S/C11H24O2/c1-5-13-9-7-10(12)6-8-11(2,3)4/h10,12H,5-9H2,1-4H3. The Kier molecular flexibility index (Phi) is 6.35. The first kappa shape index (κ1) is 12.9. The molecular formula is C11H24O2. The highest BCUT2D eigenvalue weighted by Crippen LogP contribution is 2.22. The first-order valence-corrected chi connectivity index (χ1v) is 5.21. The molecule has 0 radical (unpaired) electrons. The first-order valence-electron chi connectivity index (χ1n) is 5.21. The maximum absolute atomic E-state index is 9.56. The van der Waals surface area contributed by atoms with Crippen LogP contribution < -0.4 is 0 Å². The number of rotatable bonds is 6. The predicted octanol–water partition coefficient (Wildman–Crippen LogP) is 2.60. The van der Waals surface area contributed by atoms with Crippen molar-refractivity contribution in [2.75, 3.05) is 13.2 Å². The summed E-state index contributed by atoms with van der Waals surface area (Å²) in [6.07, 6.45) is 2.53. The maximum Gasteiger partial charge on any atom is 0.0562 e. The summed E-state index contributed by atoms with van der Waals surface area (Å²) in [6, 6.07) is 0. The Bertz CT molecular complexity index is 116. The zero-order chi connectivity index (χ0) is 10.3. The summed E-state index contributed by atoms with van der Waals surface area (Å²) in [4.78, 5) is 0. The van der Waals surface area contributed by atoms with Gasteiger partial charge in [-0.3, -0.25) is 0 Å². The van der Waals surface area contributed by atoms with Gasteiger partial charge in [0.05, 0.1) is 6.10 Å². The topological polar surface area (TPSA) is 29.5 Å². The van der Waals surface area contributed by atoms with Crippen molar-refractivity contribution in [3.63, 3.8) is 0 Å². The molecule has 0 aliphatic rings. The van der Waals surface area contributed by atoms with Crippen LogP contribution in [0.25, 0.3) is 0 Å². The third-order valence-corrected chi connectivity index (χ3v) is 2.03. The molecule has 80 valence electrons. The summed E-state index contributed by atoms with van der Waals surface area (Å²) in [5, 5.41) is 9.56. The average molecular weight is 188 g/mol. The fourth-order valence-corrected chi connectivity index (χ4v) is 1.11. The van der Waals surface area contributed by atoms with Gasteiger partial charge in [-0.15, -0.1) is 0 Å². The summed E-state index contributed by atoms with van der Waals surface area (Å²) in [7, 11) is 0. The molecule has 13 heavy (non-hydrogen) atoms. The molecule has 0 rings (SSSR count). The largest absolute Gasteiger partial charge is 0.393 e. The van der Waals surface area contributed by atoms with Gasteiger partial charge in [0.1, 0.15) is 0 Å². The highest BCUT2D eigenvalue weighted by Gasteiger charge is 2.13. The van der Waals surface area contributed by atoms with E-state index < -0.39 is 0 Å². The van der Waals surface area contributed by atoms with Crippen LogP contribution in [0, 0.1) is 5.41 Å². The Morgan fingerprint density at radius 1 is 1.23 bits per heavy atom. The van der Waals surface area contributed by atoms with Crippen LogP contribution in [0.2, 0.25) is 0 Å². The van der Waals surface area contributed by atoms with E-state index in [4.69, 9.17) is 4.74 Å². The summed E-state index contributed by atoms with van der Waals surface area (Å²) >= 11 is 0. The molecule has 0 saturated carbocycles. The van der Waals surface area contributed by atoms with E-state index in [1.54, 1.807) is 0 Å². The van der Waals surface area contributed by atoms with Gasteiger partial charge in [0.25, 0.3) is 0 Å². The van der Waals surface area contributed by atoms with E-state index in [2.05, 4.69) is 20.8 Å². The third-order valence-electron chi connectivity index (χ3n) is 2.03. The van der Waals surface area contributed by atoms with Gasteiger partial charge in [0.2, 0.25) is 0 Å². The minimum Gasteiger partial charge on any atom is -0.393 e. The van der Waals surface area contributed by atoms with E-state index in [9.17, 15) is 5.11 Å². The number of hydrogen-bond donors (Lipinski definition) is 1. The molecule has 0 aliphatic heterocycles. The van der Waals surface area contributed by atoms with Crippen LogP contribution in [0.3, 0.4) is 0 Å². The Balaban J connectivity index is 3.35. The molecule has 0 fully saturated rings. The Labute approximate surface area is 82.3 Å². The minimum atomic E-state index is -0.189. The van der Waals surface area contributed by atoms with Crippen molar-refractivity contribution in [2.24, 2.45) is 5.41 Å². The lowest BCUT2D eigenvalue weighted by Gasteiger charge is -2.20. The monoisotopic (exact) mass is 188 g/mol. The summed E-state index contributed by atoms with van der Waals surface area (Å²) in [5.41, 5.74) is 0.326. The van der Waals surface area contributed by atoms with Crippen molar-refractivity contribution in [1.82, 2.24) is 0 Å². The molecule has 2 heteroatoms. The lowest BCUT2D eigenvalue weighted by Crippen LogP contribution is -2.14. The fourth-order valence-electron chi connectivity index (χ4n) is 1.11. The summed E-state index contributed by atoms with van der Waals surface area (Å²) in [6.45, 7) is 9.99. The number of ether oxygens (including phenoxy) is 1. The smallest absolute Gasteiger partial charge is 0.0562 e. The van der Waals surface area contributed by atoms with Gasteiger partial charge in [-0.05, 0) is 31.6 Å². The van der Waals surface area contributed by atoms with E-state index >= 15 is 0 Å². The maximum atomic E-state index is 9.56. The molecule has 0 aromatic heterocycles. The first-order chi connectivity index (χ1) is 5.95. The molecule has 0 aliphatic carbocycles. The van der Waals surface area contributed by atoms with Crippen molar-refractivity contribution in [3.8, 4) is 0 Å². The van der Waals surface area contributed by atoms with Gasteiger partial charge in [-0.1, -0.05) is 20.8 Å². The van der Waals surface area contributed by atoms with Crippen molar-refractivity contribution >= 4 is 0 Å². The SMILES string of the molecule is CCOCCC(O)CCC(C)(C)C. The summed E-state index contributed by atoms with van der Waals surface area (Å²) in [5.74, 6) is 0. The van der Waals surface area contributed by atoms with E-state index in [0.717, 1.165) is 25.9 Å². The van der Waals surface area contributed by atoms with E-state index in [1.165, 1.54) is 0 Å². The lowest BCUT2D eigenvalue weighted by atomic mass is 9.89. The molecule has 2 nitrogen and oxygen atoms in total. The van der Waals surface area contributed by atoms with Crippen LogP contribution in [0.15, 0.2) is 0 Å². The van der Waals surface area contributed by atoms with Gasteiger partial charge in [-0.25, -0.2) is 0 Å². The second kappa shape index (κ2) is 6.39. The average Bonchev–Trinajstić information content (AvgIpc) is 2.00. The molecule has 0 spiro atoms. The second-order valence-corrected chi connectivity index (χ2v) is 4.74. The van der Waals surface area contributed by atoms with E-state index in [-0.39, 0.29) is 6.10 Å². The van der Waals surface area contributed by atoms with Crippen LogP contribution in [0.5, 0.6) is 0 Å². The molecule has 0 aromatic carbocycles. The zero-order valence-electron chi connectivity index (χ0n) is 9.47. The molecule has 0 amide bonds. The molecule has 0 saturated heterocycles. The third kappa shape index (κ3) is 9.84. The Morgan fingerprint density at radius 3 is 2.31 bits per heavy atom. The number of hydrogen-bond acceptors (Lipinski definition) is 2. The van der Waals surface area contributed by atoms with Crippen LogP contribution in [0.1, 0.15) is 47.0 Å². The van der Waals surface area contributed by atoms with Gasteiger partial charge >= 0.3 is 0 Å².